The molecule has 0 spiro atoms. The Balaban J connectivity index is 4.32. The van der Waals surface area contributed by atoms with E-state index in [0.717, 1.165) is 44.9 Å². The van der Waals surface area contributed by atoms with Gasteiger partial charge in [0.15, 0.2) is 0 Å². The Bertz CT molecular complexity index is 771. The summed E-state index contributed by atoms with van der Waals surface area (Å²) in [6.45, 7) is 4.00. The fourth-order valence-electron chi connectivity index (χ4n) is 5.70. The van der Waals surface area contributed by atoms with E-state index >= 15 is 0 Å². The maximum Gasteiger partial charge on any atom is 0.472 e. The second-order valence-corrected chi connectivity index (χ2v) is 14.8. The molecule has 6 N–H and O–H groups in total. The van der Waals surface area contributed by atoms with E-state index in [1.165, 1.54) is 103 Å². The van der Waals surface area contributed by atoms with Crippen LogP contribution < -0.4 is 11.1 Å². The number of hydrogen-bond acceptors (Lipinski definition) is 7. The highest BCUT2D eigenvalue weighted by Crippen LogP contribution is 2.43. The van der Waals surface area contributed by atoms with Crippen LogP contribution in [-0.2, 0) is 18.4 Å². The number of allylic oxidation sites excluding steroid dienone is 2. The van der Waals surface area contributed by atoms with Gasteiger partial charge in [-0.25, -0.2) is 4.57 Å². The summed E-state index contributed by atoms with van der Waals surface area (Å²) in [7, 11) is -4.36. The molecule has 0 bridgehead atoms. The zero-order chi connectivity index (χ0) is 34.9. The van der Waals surface area contributed by atoms with Crippen molar-refractivity contribution in [3.63, 3.8) is 0 Å². The number of rotatable bonds is 36. The van der Waals surface area contributed by atoms with Gasteiger partial charge >= 0.3 is 7.82 Å². The smallest absolute Gasteiger partial charge is 0.393 e. The van der Waals surface area contributed by atoms with Gasteiger partial charge in [0, 0.05) is 6.54 Å². The fraction of sp³-hybridized carbons (Fsp3) is 0.919. The fourth-order valence-corrected chi connectivity index (χ4v) is 6.46. The first-order valence-corrected chi connectivity index (χ1v) is 20.9. The second kappa shape index (κ2) is 33.7. The van der Waals surface area contributed by atoms with Gasteiger partial charge in [-0.3, -0.25) is 13.8 Å². The Morgan fingerprint density at radius 3 is 1.64 bits per heavy atom. The number of amides is 1. The van der Waals surface area contributed by atoms with Crippen molar-refractivity contribution in [2.24, 2.45) is 5.73 Å². The Kier molecular flexibility index (Phi) is 33.1. The molecule has 9 nitrogen and oxygen atoms in total. The van der Waals surface area contributed by atoms with Gasteiger partial charge in [-0.2, -0.15) is 0 Å². The number of aliphatic hydroxyl groups is 2. The molecule has 0 saturated heterocycles. The average Bonchev–Trinajstić information content (AvgIpc) is 3.04. The predicted octanol–water partition coefficient (Wildman–Crippen LogP) is 9.02. The van der Waals surface area contributed by atoms with Gasteiger partial charge in [-0.15, -0.1) is 0 Å². The van der Waals surface area contributed by atoms with Gasteiger partial charge in [0.1, 0.15) is 0 Å². The maximum absolute atomic E-state index is 12.7. The molecule has 10 heteroatoms. The molecular formula is C37H75N2O7P. The minimum absolute atomic E-state index is 0.0596. The van der Waals surface area contributed by atoms with Crippen molar-refractivity contribution in [3.8, 4) is 0 Å². The highest BCUT2D eigenvalue weighted by atomic mass is 31.2. The SMILES string of the molecule is CCCCCCCC/C=C\CCCCCCCC(O)CC(=O)NC(COP(=O)(O)OCCN)C(O)CCCCCCCCCCCC. The molecule has 0 aliphatic heterocycles. The van der Waals surface area contributed by atoms with Crippen molar-refractivity contribution >= 4 is 13.7 Å². The quantitative estimate of drug-likeness (QED) is 0.0248. The van der Waals surface area contributed by atoms with Crippen molar-refractivity contribution in [1.29, 1.82) is 0 Å². The van der Waals surface area contributed by atoms with Gasteiger partial charge < -0.3 is 26.2 Å². The zero-order valence-corrected chi connectivity index (χ0v) is 31.3. The first-order chi connectivity index (χ1) is 22.8. The largest absolute Gasteiger partial charge is 0.472 e. The van der Waals surface area contributed by atoms with Crippen LogP contribution >= 0.6 is 7.82 Å². The summed E-state index contributed by atoms with van der Waals surface area (Å²) in [6, 6.07) is -0.893. The van der Waals surface area contributed by atoms with Gasteiger partial charge in [0.2, 0.25) is 5.91 Å². The molecule has 0 saturated carbocycles. The molecule has 0 aromatic carbocycles. The number of carbonyl (C=O) groups excluding carboxylic acids is 1. The summed E-state index contributed by atoms with van der Waals surface area (Å²) in [5.41, 5.74) is 5.34. The standard InChI is InChI=1S/C37H75N2O7P/c1-3-5-7-9-11-13-15-16-17-18-19-20-22-24-26-28-34(40)32-37(42)39-35(33-46-47(43,44)45-31-30-38)36(41)29-27-25-23-21-14-12-10-8-6-4-2/h16-17,34-36,40-41H,3-15,18-33,38H2,1-2H3,(H,39,42)(H,43,44)/b17-16-. The predicted molar refractivity (Wildman–Crippen MR) is 195 cm³/mol. The van der Waals surface area contributed by atoms with Crippen molar-refractivity contribution in [2.75, 3.05) is 19.8 Å². The number of phosphoric ester groups is 1. The van der Waals surface area contributed by atoms with E-state index in [0.29, 0.717) is 12.8 Å². The molecule has 1 amide bonds. The number of nitrogens with one attached hydrogen (secondary N) is 1. The van der Waals surface area contributed by atoms with E-state index in [-0.39, 0.29) is 26.2 Å². The van der Waals surface area contributed by atoms with Gasteiger partial charge in [-0.05, 0) is 38.5 Å². The van der Waals surface area contributed by atoms with Crippen LogP contribution in [0.2, 0.25) is 0 Å². The highest BCUT2D eigenvalue weighted by Gasteiger charge is 2.28. The number of carbonyl (C=O) groups is 1. The lowest BCUT2D eigenvalue weighted by Crippen LogP contribution is -2.47. The van der Waals surface area contributed by atoms with Crippen molar-refractivity contribution in [1.82, 2.24) is 5.32 Å². The Hall–Kier alpha value is -0.800. The third-order valence-electron chi connectivity index (χ3n) is 8.67. The second-order valence-electron chi connectivity index (χ2n) is 13.3. The van der Waals surface area contributed by atoms with Crippen molar-refractivity contribution in [2.45, 2.75) is 199 Å². The summed E-state index contributed by atoms with van der Waals surface area (Å²) in [6.07, 6.45) is 31.1. The summed E-state index contributed by atoms with van der Waals surface area (Å²) in [5.74, 6) is -0.420. The number of hydrogen-bond donors (Lipinski definition) is 5. The molecule has 0 aliphatic carbocycles. The Morgan fingerprint density at radius 1 is 0.702 bits per heavy atom. The van der Waals surface area contributed by atoms with E-state index in [1.807, 2.05) is 0 Å². The lowest BCUT2D eigenvalue weighted by molar-refractivity contribution is -0.125. The minimum atomic E-state index is -4.36. The van der Waals surface area contributed by atoms with E-state index in [9.17, 15) is 24.5 Å². The molecule has 0 aliphatic rings. The molecule has 4 unspecified atom stereocenters. The van der Waals surface area contributed by atoms with Crippen molar-refractivity contribution < 1.29 is 33.5 Å². The zero-order valence-electron chi connectivity index (χ0n) is 30.4. The molecule has 0 aromatic heterocycles. The third kappa shape index (κ3) is 32.2. The Morgan fingerprint density at radius 2 is 1.15 bits per heavy atom. The van der Waals surface area contributed by atoms with Crippen LogP contribution in [0.3, 0.4) is 0 Å². The summed E-state index contributed by atoms with van der Waals surface area (Å²) >= 11 is 0. The molecule has 0 radical (unpaired) electrons. The number of nitrogens with two attached hydrogens (primary N) is 1. The third-order valence-corrected chi connectivity index (χ3v) is 9.66. The summed E-state index contributed by atoms with van der Waals surface area (Å²) in [5, 5.41) is 24.0. The highest BCUT2D eigenvalue weighted by molar-refractivity contribution is 7.47. The van der Waals surface area contributed by atoms with Crippen LogP contribution in [0.4, 0.5) is 0 Å². The van der Waals surface area contributed by atoms with Gasteiger partial charge in [0.05, 0.1) is 37.9 Å². The molecule has 280 valence electrons. The van der Waals surface area contributed by atoms with E-state index in [1.54, 1.807) is 0 Å². The molecular weight excluding hydrogens is 615 g/mol. The first kappa shape index (κ1) is 46.2. The lowest BCUT2D eigenvalue weighted by Gasteiger charge is -2.25. The molecule has 0 heterocycles. The summed E-state index contributed by atoms with van der Waals surface area (Å²) in [4.78, 5) is 22.6. The molecule has 0 fully saturated rings. The molecule has 4 atom stereocenters. The molecule has 0 aromatic rings. The first-order valence-electron chi connectivity index (χ1n) is 19.4. The number of phosphoric acid groups is 1. The molecule has 47 heavy (non-hydrogen) atoms. The van der Waals surface area contributed by atoms with E-state index in [2.05, 4.69) is 31.3 Å². The average molecular weight is 691 g/mol. The van der Waals surface area contributed by atoms with Crippen LogP contribution in [0.5, 0.6) is 0 Å². The Labute approximate surface area is 288 Å². The normalized spacial score (nSPS) is 15.1. The minimum Gasteiger partial charge on any atom is -0.393 e. The topological polar surface area (TPSA) is 151 Å². The number of unbranched alkanes of at least 4 members (excludes halogenated alkanes) is 20. The monoisotopic (exact) mass is 691 g/mol. The number of aliphatic hydroxyl groups excluding tert-OH is 2. The van der Waals surface area contributed by atoms with Crippen LogP contribution in [0.1, 0.15) is 181 Å². The van der Waals surface area contributed by atoms with E-state index < -0.39 is 32.0 Å². The molecule has 0 rings (SSSR count). The van der Waals surface area contributed by atoms with Crippen molar-refractivity contribution in [3.05, 3.63) is 12.2 Å². The van der Waals surface area contributed by atoms with Crippen LogP contribution in [0, 0.1) is 0 Å². The maximum atomic E-state index is 12.7. The van der Waals surface area contributed by atoms with Crippen LogP contribution in [0.25, 0.3) is 0 Å². The van der Waals surface area contributed by atoms with Gasteiger partial charge in [0.25, 0.3) is 0 Å². The van der Waals surface area contributed by atoms with Gasteiger partial charge in [-0.1, -0.05) is 148 Å². The lowest BCUT2D eigenvalue weighted by atomic mass is 10.0. The van der Waals surface area contributed by atoms with Crippen LogP contribution in [0.15, 0.2) is 12.2 Å². The van der Waals surface area contributed by atoms with E-state index in [4.69, 9.17) is 14.8 Å². The van der Waals surface area contributed by atoms with Crippen LogP contribution in [-0.4, -0.2) is 59.0 Å². The summed E-state index contributed by atoms with van der Waals surface area (Å²) < 4.78 is 22.0.